The van der Waals surface area contributed by atoms with E-state index in [0.29, 0.717) is 23.3 Å². The van der Waals surface area contributed by atoms with Gasteiger partial charge in [-0.15, -0.1) is 0 Å². The zero-order valence-electron chi connectivity index (χ0n) is 20.2. The van der Waals surface area contributed by atoms with E-state index in [1.807, 2.05) is 12.1 Å². The maximum Gasteiger partial charge on any atom is 0.244 e. The van der Waals surface area contributed by atoms with Crippen LogP contribution in [0.1, 0.15) is 32.8 Å². The van der Waals surface area contributed by atoms with Crippen LogP contribution in [-0.2, 0) is 19.8 Å². The maximum absolute atomic E-state index is 13.1. The third kappa shape index (κ3) is 3.76. The molecule has 3 fully saturated rings. The molecule has 0 spiro atoms. The van der Waals surface area contributed by atoms with Crippen LogP contribution in [0, 0.1) is 35.5 Å². The van der Waals surface area contributed by atoms with Crippen molar-refractivity contribution in [3.05, 3.63) is 66.2 Å². The summed E-state index contributed by atoms with van der Waals surface area (Å²) >= 11 is 0. The van der Waals surface area contributed by atoms with E-state index in [0.717, 1.165) is 12.2 Å². The second kappa shape index (κ2) is 7.80. The third-order valence-electron chi connectivity index (χ3n) is 8.15. The number of carbonyl (C=O) groups is 3. The molecule has 1 aliphatic heterocycles. The van der Waals surface area contributed by atoms with Crippen LogP contribution in [0.25, 0.3) is 0 Å². The molecule has 3 amide bonds. The van der Waals surface area contributed by atoms with Gasteiger partial charge in [-0.1, -0.05) is 45.1 Å². The molecule has 2 aromatic rings. The summed E-state index contributed by atoms with van der Waals surface area (Å²) in [7, 11) is 0. The van der Waals surface area contributed by atoms with Crippen LogP contribution in [0.15, 0.2) is 60.7 Å². The zero-order valence-corrected chi connectivity index (χ0v) is 20.2. The lowest BCUT2D eigenvalue weighted by atomic mass is 9.63. The molecule has 1 N–H and O–H groups in total. The summed E-state index contributed by atoms with van der Waals surface area (Å²) in [6, 6.07) is 15.1. The highest BCUT2D eigenvalue weighted by Gasteiger charge is 2.67. The molecule has 1 heterocycles. The molecule has 2 bridgehead atoms. The molecule has 0 radical (unpaired) electrons. The lowest BCUT2D eigenvalue weighted by Crippen LogP contribution is -2.40. The van der Waals surface area contributed by atoms with Crippen molar-refractivity contribution in [1.82, 2.24) is 4.90 Å². The van der Waals surface area contributed by atoms with Crippen LogP contribution in [0.5, 0.6) is 11.5 Å². The highest BCUT2D eigenvalue weighted by molar-refractivity contribution is 6.09. The molecule has 35 heavy (non-hydrogen) atoms. The summed E-state index contributed by atoms with van der Waals surface area (Å²) in [4.78, 5) is 40.0. The number of nitrogens with zero attached hydrogens (tertiary/aromatic N) is 1. The van der Waals surface area contributed by atoms with E-state index in [9.17, 15) is 14.4 Å². The van der Waals surface area contributed by atoms with Crippen LogP contribution in [0.4, 0.5) is 5.69 Å². The minimum absolute atomic E-state index is 0.0809. The molecule has 5 aliphatic rings. The standard InChI is InChI=1S/C29H30N2O4/c1-29(2,3)16-4-8-18(9-5-16)35-19-10-6-17(7-11-19)30-24(32)15-31-27(33)25-20-12-13-21(23-14-22(20)23)26(25)28(31)34/h4-13,20-23,25-26H,14-15H2,1-3H3,(H,30,32)/t20-,21-,22-,23+,25+,26+/m0/s1. The predicted octanol–water partition coefficient (Wildman–Crippen LogP) is 4.77. The number of ether oxygens (including phenoxy) is 1. The average Bonchev–Trinajstić information content (AvgIpc) is 3.61. The quantitative estimate of drug-likeness (QED) is 0.505. The Balaban J connectivity index is 1.07. The smallest absolute Gasteiger partial charge is 0.244 e. The minimum atomic E-state index is -0.373. The summed E-state index contributed by atoms with van der Waals surface area (Å²) in [5, 5.41) is 2.81. The highest BCUT2D eigenvalue weighted by atomic mass is 16.5. The molecule has 180 valence electrons. The maximum atomic E-state index is 13.1. The predicted molar refractivity (Wildman–Crippen MR) is 132 cm³/mol. The molecule has 2 aromatic carbocycles. The highest BCUT2D eigenvalue weighted by Crippen LogP contribution is 2.65. The van der Waals surface area contributed by atoms with E-state index >= 15 is 0 Å². The second-order valence-electron chi connectivity index (χ2n) is 11.4. The SMILES string of the molecule is CC(C)(C)c1ccc(Oc2ccc(NC(=O)CN3C(=O)[C@@H]4[C@H]5C=C[C@@H]([C@@H]6C[C@H]56)[C@H]4C3=O)cc2)cc1. The van der Waals surface area contributed by atoms with E-state index in [1.54, 1.807) is 24.3 Å². The van der Waals surface area contributed by atoms with Gasteiger partial charge in [-0.25, -0.2) is 0 Å². The average molecular weight is 471 g/mol. The van der Waals surface area contributed by atoms with Crippen LogP contribution in [0.2, 0.25) is 0 Å². The summed E-state index contributed by atoms with van der Waals surface area (Å²) in [6.45, 7) is 6.27. The van der Waals surface area contributed by atoms with E-state index in [-0.39, 0.29) is 53.4 Å². The normalized spacial score (nSPS) is 30.2. The summed E-state index contributed by atoms with van der Waals surface area (Å²) < 4.78 is 5.92. The monoisotopic (exact) mass is 470 g/mol. The Labute approximate surface area is 205 Å². The minimum Gasteiger partial charge on any atom is -0.457 e. The molecule has 0 aromatic heterocycles. The van der Waals surface area contributed by atoms with Crippen molar-refractivity contribution in [2.24, 2.45) is 35.5 Å². The summed E-state index contributed by atoms with van der Waals surface area (Å²) in [6.07, 6.45) is 5.40. The summed E-state index contributed by atoms with van der Waals surface area (Å²) in [5.41, 5.74) is 1.90. The van der Waals surface area contributed by atoms with Crippen molar-refractivity contribution in [1.29, 1.82) is 0 Å². The first-order chi connectivity index (χ1) is 16.7. The molecule has 1 saturated heterocycles. The Morgan fingerprint density at radius 2 is 1.40 bits per heavy atom. The Bertz CT molecular complexity index is 1190. The molecule has 4 aliphatic carbocycles. The van der Waals surface area contributed by atoms with Crippen molar-refractivity contribution in [2.45, 2.75) is 32.6 Å². The Morgan fingerprint density at radius 3 is 1.91 bits per heavy atom. The number of nitrogens with one attached hydrogen (secondary N) is 1. The first-order valence-electron chi connectivity index (χ1n) is 12.4. The Kier molecular flexibility index (Phi) is 4.92. The van der Waals surface area contributed by atoms with Crippen molar-refractivity contribution < 1.29 is 19.1 Å². The topological polar surface area (TPSA) is 75.7 Å². The molecular weight excluding hydrogens is 440 g/mol. The first-order valence-corrected chi connectivity index (χ1v) is 12.4. The number of carbonyl (C=O) groups excluding carboxylic acids is 3. The van der Waals surface area contributed by atoms with E-state index in [2.05, 4.69) is 50.4 Å². The fraction of sp³-hybridized carbons (Fsp3) is 0.414. The largest absolute Gasteiger partial charge is 0.457 e. The molecule has 0 unspecified atom stereocenters. The van der Waals surface area contributed by atoms with Crippen LogP contribution < -0.4 is 10.1 Å². The Hall–Kier alpha value is -3.41. The molecule has 2 saturated carbocycles. The van der Waals surface area contributed by atoms with Gasteiger partial charge in [0.1, 0.15) is 18.0 Å². The number of benzene rings is 2. The second-order valence-corrected chi connectivity index (χ2v) is 11.4. The van der Waals surface area contributed by atoms with Crippen molar-refractivity contribution >= 4 is 23.4 Å². The van der Waals surface area contributed by atoms with Crippen LogP contribution >= 0.6 is 0 Å². The first kappa shape index (κ1) is 22.1. The molecule has 6 nitrogen and oxygen atoms in total. The van der Waals surface area contributed by atoms with Crippen molar-refractivity contribution in [3.63, 3.8) is 0 Å². The zero-order chi connectivity index (χ0) is 24.5. The number of imide groups is 1. The van der Waals surface area contributed by atoms with Gasteiger partial charge >= 0.3 is 0 Å². The molecular formula is C29H30N2O4. The van der Waals surface area contributed by atoms with Gasteiger partial charge in [0.15, 0.2) is 0 Å². The number of anilines is 1. The third-order valence-corrected chi connectivity index (χ3v) is 8.15. The van der Waals surface area contributed by atoms with Gasteiger partial charge in [-0.05, 0) is 77.5 Å². The lowest BCUT2D eigenvalue weighted by molar-refractivity contribution is -0.142. The molecule has 6 atom stereocenters. The number of likely N-dealkylation sites (tertiary alicyclic amines) is 1. The van der Waals surface area contributed by atoms with Crippen LogP contribution in [0.3, 0.4) is 0 Å². The number of hydrogen-bond donors (Lipinski definition) is 1. The van der Waals surface area contributed by atoms with Gasteiger partial charge in [-0.3, -0.25) is 19.3 Å². The van der Waals surface area contributed by atoms with Crippen molar-refractivity contribution in [3.8, 4) is 11.5 Å². The van der Waals surface area contributed by atoms with E-state index in [4.69, 9.17) is 4.74 Å². The van der Waals surface area contributed by atoms with Gasteiger partial charge in [0, 0.05) is 5.69 Å². The number of allylic oxidation sites excluding steroid dienone is 2. The fourth-order valence-corrected chi connectivity index (χ4v) is 6.28. The van der Waals surface area contributed by atoms with Gasteiger partial charge < -0.3 is 10.1 Å². The number of amides is 3. The lowest BCUT2D eigenvalue weighted by Gasteiger charge is -2.37. The van der Waals surface area contributed by atoms with Gasteiger partial charge in [0.25, 0.3) is 0 Å². The Morgan fingerprint density at radius 1 is 0.886 bits per heavy atom. The molecule has 7 rings (SSSR count). The number of rotatable bonds is 5. The van der Waals surface area contributed by atoms with E-state index in [1.165, 1.54) is 10.5 Å². The van der Waals surface area contributed by atoms with E-state index < -0.39 is 0 Å². The van der Waals surface area contributed by atoms with Gasteiger partial charge in [0.05, 0.1) is 11.8 Å². The number of hydrogen-bond acceptors (Lipinski definition) is 4. The molecule has 6 heteroatoms. The van der Waals surface area contributed by atoms with Crippen LogP contribution in [-0.4, -0.2) is 29.2 Å². The fourth-order valence-electron chi connectivity index (χ4n) is 6.28. The summed E-state index contributed by atoms with van der Waals surface area (Å²) in [5.74, 6) is 1.54. The van der Waals surface area contributed by atoms with Gasteiger partial charge in [0.2, 0.25) is 17.7 Å². The van der Waals surface area contributed by atoms with Gasteiger partial charge in [-0.2, -0.15) is 0 Å². The van der Waals surface area contributed by atoms with Crippen molar-refractivity contribution in [2.75, 3.05) is 11.9 Å².